The molecule has 1 atom stereocenters. The van der Waals surface area contributed by atoms with Crippen LogP contribution in [0.3, 0.4) is 0 Å². The Balaban J connectivity index is 1.64. The third kappa shape index (κ3) is 4.57. The lowest BCUT2D eigenvalue weighted by Crippen LogP contribution is -2.34. The maximum atomic E-state index is 12.8. The Morgan fingerprint density at radius 3 is 2.73 bits per heavy atom. The molecule has 2 aromatic carbocycles. The predicted octanol–water partition coefficient (Wildman–Crippen LogP) is 4.81. The number of amides is 1. The minimum absolute atomic E-state index is 0.0869. The van der Waals surface area contributed by atoms with Gasteiger partial charge in [0, 0.05) is 23.4 Å². The first-order valence-electron chi connectivity index (χ1n) is 8.87. The number of halogens is 1. The van der Waals surface area contributed by atoms with Crippen LogP contribution in [0, 0.1) is 0 Å². The van der Waals surface area contributed by atoms with Gasteiger partial charge in [-0.15, -0.1) is 0 Å². The average Bonchev–Trinajstić information content (AvgIpc) is 3.14. The number of carbonyl (C=O) groups is 1. The van der Waals surface area contributed by atoms with E-state index in [1.165, 1.54) is 0 Å². The molecule has 2 aromatic rings. The lowest BCUT2D eigenvalue weighted by atomic mass is 9.83. The lowest BCUT2D eigenvalue weighted by molar-refractivity contribution is -0.120. The van der Waals surface area contributed by atoms with Crippen LogP contribution < -0.4 is 10.1 Å². The van der Waals surface area contributed by atoms with E-state index in [1.807, 2.05) is 50.2 Å². The van der Waals surface area contributed by atoms with Gasteiger partial charge in [-0.1, -0.05) is 29.8 Å². The molecule has 1 unspecified atom stereocenters. The van der Waals surface area contributed by atoms with Crippen LogP contribution in [0.1, 0.15) is 32.3 Å². The molecule has 138 valence electrons. The predicted molar refractivity (Wildman–Crippen MR) is 104 cm³/mol. The maximum absolute atomic E-state index is 12.8. The molecule has 1 heterocycles. The van der Waals surface area contributed by atoms with Crippen molar-refractivity contribution in [3.8, 4) is 5.75 Å². The highest BCUT2D eigenvalue weighted by Crippen LogP contribution is 2.27. The maximum Gasteiger partial charge on any atom is 0.234 e. The number of benzene rings is 2. The molecule has 1 amide bonds. The molecule has 0 saturated carbocycles. The van der Waals surface area contributed by atoms with Crippen LogP contribution in [-0.4, -0.2) is 25.2 Å². The summed E-state index contributed by atoms with van der Waals surface area (Å²) in [6.45, 7) is 5.13. The highest BCUT2D eigenvalue weighted by Gasteiger charge is 2.29. The molecule has 4 nitrogen and oxygen atoms in total. The zero-order chi connectivity index (χ0) is 18.6. The molecule has 5 heteroatoms. The van der Waals surface area contributed by atoms with Gasteiger partial charge in [-0.3, -0.25) is 4.79 Å². The van der Waals surface area contributed by atoms with E-state index < -0.39 is 5.41 Å². The molecule has 0 aliphatic carbocycles. The minimum Gasteiger partial charge on any atom is -0.491 e. The third-order valence-corrected chi connectivity index (χ3v) is 4.94. The Bertz CT molecular complexity index is 752. The van der Waals surface area contributed by atoms with Crippen LogP contribution in [-0.2, 0) is 14.9 Å². The summed E-state index contributed by atoms with van der Waals surface area (Å²) in [5.41, 5.74) is 0.936. The van der Waals surface area contributed by atoms with E-state index in [-0.39, 0.29) is 12.0 Å². The highest BCUT2D eigenvalue weighted by atomic mass is 35.5. The summed E-state index contributed by atoms with van der Waals surface area (Å²) in [6, 6.07) is 14.8. The van der Waals surface area contributed by atoms with Gasteiger partial charge in [0.05, 0.1) is 11.5 Å². The fourth-order valence-corrected chi connectivity index (χ4v) is 3.04. The summed E-state index contributed by atoms with van der Waals surface area (Å²) < 4.78 is 11.4. The number of ether oxygens (including phenoxy) is 2. The van der Waals surface area contributed by atoms with E-state index in [4.69, 9.17) is 21.1 Å². The van der Waals surface area contributed by atoms with Crippen LogP contribution >= 0.6 is 11.6 Å². The van der Waals surface area contributed by atoms with Gasteiger partial charge >= 0.3 is 0 Å². The van der Waals surface area contributed by atoms with E-state index in [0.717, 1.165) is 30.8 Å². The molecular formula is C21H24ClNO3. The minimum atomic E-state index is -0.681. The van der Waals surface area contributed by atoms with E-state index in [2.05, 4.69) is 5.32 Å². The van der Waals surface area contributed by atoms with E-state index in [0.29, 0.717) is 17.3 Å². The summed E-state index contributed by atoms with van der Waals surface area (Å²) in [5.74, 6) is 0.638. The SMILES string of the molecule is CC(C)(C(=O)Nc1cccc(OCC2CCCO2)c1)c1ccc(Cl)cc1. The van der Waals surface area contributed by atoms with Crippen LogP contribution in [0.15, 0.2) is 48.5 Å². The second-order valence-corrected chi connectivity index (χ2v) is 7.50. The molecule has 1 aliphatic heterocycles. The summed E-state index contributed by atoms with van der Waals surface area (Å²) in [6.07, 6.45) is 2.28. The Labute approximate surface area is 159 Å². The van der Waals surface area contributed by atoms with Crippen LogP contribution in [0.4, 0.5) is 5.69 Å². The number of hydrogen-bond donors (Lipinski definition) is 1. The summed E-state index contributed by atoms with van der Waals surface area (Å²) in [4.78, 5) is 12.8. The number of anilines is 1. The second-order valence-electron chi connectivity index (χ2n) is 7.06. The molecule has 1 aliphatic rings. The molecule has 1 fully saturated rings. The average molecular weight is 374 g/mol. The molecule has 1 N–H and O–H groups in total. The normalized spacial score (nSPS) is 17.1. The molecule has 1 saturated heterocycles. The van der Waals surface area contributed by atoms with Crippen LogP contribution in [0.5, 0.6) is 5.75 Å². The number of hydrogen-bond acceptors (Lipinski definition) is 3. The first kappa shape index (κ1) is 18.7. The number of rotatable bonds is 6. The Kier molecular flexibility index (Phi) is 5.84. The molecule has 0 radical (unpaired) electrons. The zero-order valence-corrected chi connectivity index (χ0v) is 15.9. The molecule has 0 spiro atoms. The smallest absolute Gasteiger partial charge is 0.234 e. The van der Waals surface area contributed by atoms with Gasteiger partial charge < -0.3 is 14.8 Å². The van der Waals surface area contributed by atoms with Crippen molar-refractivity contribution in [2.24, 2.45) is 0 Å². The quantitative estimate of drug-likeness (QED) is 0.790. The molecule has 3 rings (SSSR count). The van der Waals surface area contributed by atoms with E-state index >= 15 is 0 Å². The monoisotopic (exact) mass is 373 g/mol. The van der Waals surface area contributed by atoms with E-state index in [9.17, 15) is 4.79 Å². The molecule has 0 bridgehead atoms. The Morgan fingerprint density at radius 1 is 1.27 bits per heavy atom. The van der Waals surface area contributed by atoms with Crippen molar-refractivity contribution in [3.63, 3.8) is 0 Å². The topological polar surface area (TPSA) is 47.6 Å². The summed E-state index contributed by atoms with van der Waals surface area (Å²) >= 11 is 5.94. The van der Waals surface area contributed by atoms with Crippen molar-refractivity contribution >= 4 is 23.2 Å². The second kappa shape index (κ2) is 8.11. The summed E-state index contributed by atoms with van der Waals surface area (Å²) in [7, 11) is 0. The summed E-state index contributed by atoms with van der Waals surface area (Å²) in [5, 5.41) is 3.63. The standard InChI is InChI=1S/C21H24ClNO3/c1-21(2,15-8-10-16(22)11-9-15)20(24)23-17-5-3-6-18(13-17)26-14-19-7-4-12-25-19/h3,5-6,8-11,13,19H,4,7,12,14H2,1-2H3,(H,23,24). The molecular weight excluding hydrogens is 350 g/mol. The molecule has 26 heavy (non-hydrogen) atoms. The van der Waals surface area contributed by atoms with Crippen molar-refractivity contribution < 1.29 is 14.3 Å². The van der Waals surface area contributed by atoms with Crippen LogP contribution in [0.25, 0.3) is 0 Å². The zero-order valence-electron chi connectivity index (χ0n) is 15.1. The lowest BCUT2D eigenvalue weighted by Gasteiger charge is -2.24. The largest absolute Gasteiger partial charge is 0.491 e. The van der Waals surface area contributed by atoms with Crippen molar-refractivity contribution in [1.29, 1.82) is 0 Å². The fourth-order valence-electron chi connectivity index (χ4n) is 2.91. The van der Waals surface area contributed by atoms with Gasteiger partial charge in [-0.2, -0.15) is 0 Å². The first-order chi connectivity index (χ1) is 12.4. The van der Waals surface area contributed by atoms with Crippen molar-refractivity contribution in [3.05, 3.63) is 59.1 Å². The van der Waals surface area contributed by atoms with Gasteiger partial charge in [-0.05, 0) is 56.5 Å². The third-order valence-electron chi connectivity index (χ3n) is 4.69. The Morgan fingerprint density at radius 2 is 2.04 bits per heavy atom. The fraction of sp³-hybridized carbons (Fsp3) is 0.381. The van der Waals surface area contributed by atoms with Gasteiger partial charge in [0.25, 0.3) is 0 Å². The van der Waals surface area contributed by atoms with Crippen molar-refractivity contribution in [2.45, 2.75) is 38.2 Å². The van der Waals surface area contributed by atoms with Gasteiger partial charge in [0.1, 0.15) is 12.4 Å². The first-order valence-corrected chi connectivity index (χ1v) is 9.25. The van der Waals surface area contributed by atoms with Gasteiger partial charge in [0.15, 0.2) is 0 Å². The van der Waals surface area contributed by atoms with Gasteiger partial charge in [0.2, 0.25) is 5.91 Å². The highest BCUT2D eigenvalue weighted by molar-refractivity contribution is 6.30. The van der Waals surface area contributed by atoms with Gasteiger partial charge in [-0.25, -0.2) is 0 Å². The Hall–Kier alpha value is -2.04. The van der Waals surface area contributed by atoms with E-state index in [1.54, 1.807) is 12.1 Å². The van der Waals surface area contributed by atoms with Crippen molar-refractivity contribution in [2.75, 3.05) is 18.5 Å². The molecule has 0 aromatic heterocycles. The van der Waals surface area contributed by atoms with Crippen molar-refractivity contribution in [1.82, 2.24) is 0 Å². The van der Waals surface area contributed by atoms with Crippen LogP contribution in [0.2, 0.25) is 5.02 Å². The number of nitrogens with one attached hydrogen (secondary N) is 1. The number of carbonyl (C=O) groups excluding carboxylic acids is 1.